The molecule has 1 saturated heterocycles. The highest BCUT2D eigenvalue weighted by atomic mass is 19.4. The first-order valence-corrected chi connectivity index (χ1v) is 11.6. The Balaban J connectivity index is 1.93. The van der Waals surface area contributed by atoms with E-state index in [2.05, 4.69) is 0 Å². The highest BCUT2D eigenvalue weighted by Crippen LogP contribution is 2.34. The molecule has 2 atom stereocenters. The first-order chi connectivity index (χ1) is 16.3. The summed E-state index contributed by atoms with van der Waals surface area (Å²) in [5, 5.41) is 0. The summed E-state index contributed by atoms with van der Waals surface area (Å²) in [5.41, 5.74) is 1.45. The Morgan fingerprint density at radius 1 is 1.11 bits per heavy atom. The third kappa shape index (κ3) is 5.77. The Labute approximate surface area is 203 Å². The molecule has 1 fully saturated rings. The summed E-state index contributed by atoms with van der Waals surface area (Å²) < 4.78 is 53.8. The average Bonchev–Trinajstić information content (AvgIpc) is 2.80. The number of urea groups is 1. The van der Waals surface area contributed by atoms with Gasteiger partial charge in [-0.3, -0.25) is 4.79 Å². The van der Waals surface area contributed by atoms with E-state index in [1.165, 1.54) is 17.0 Å². The van der Waals surface area contributed by atoms with Crippen molar-refractivity contribution in [1.82, 2.24) is 14.7 Å². The van der Waals surface area contributed by atoms with Gasteiger partial charge in [0.25, 0.3) is 0 Å². The van der Waals surface area contributed by atoms with Crippen LogP contribution in [-0.2, 0) is 11.0 Å². The van der Waals surface area contributed by atoms with Crippen molar-refractivity contribution in [2.45, 2.75) is 52.4 Å². The van der Waals surface area contributed by atoms with Crippen molar-refractivity contribution in [2.24, 2.45) is 0 Å². The lowest BCUT2D eigenvalue weighted by Crippen LogP contribution is -2.55. The molecular formula is C26H31F4N3O2. The van der Waals surface area contributed by atoms with Gasteiger partial charge in [0, 0.05) is 33.1 Å². The molecule has 0 bridgehead atoms. The van der Waals surface area contributed by atoms with Gasteiger partial charge in [-0.15, -0.1) is 0 Å². The van der Waals surface area contributed by atoms with Gasteiger partial charge in [0.2, 0.25) is 5.91 Å². The van der Waals surface area contributed by atoms with E-state index >= 15 is 0 Å². The van der Waals surface area contributed by atoms with Crippen LogP contribution < -0.4 is 0 Å². The van der Waals surface area contributed by atoms with E-state index in [-0.39, 0.29) is 25.0 Å². The normalized spacial score (nSPS) is 17.3. The summed E-state index contributed by atoms with van der Waals surface area (Å²) in [4.78, 5) is 30.8. The SMILES string of the molecule is CCC(=O)N1CCN(C(=O)N(C)[C@H](C)c2cc(C)cc(C(F)(F)F)c2)[C@@H](c2ccc(F)cc2C)C1. The second kappa shape index (κ2) is 10.3. The topological polar surface area (TPSA) is 43.9 Å². The van der Waals surface area contributed by atoms with E-state index in [0.717, 1.165) is 17.7 Å². The number of alkyl halides is 3. The maximum absolute atomic E-state index is 13.8. The Hall–Kier alpha value is -3.10. The quantitative estimate of drug-likeness (QED) is 0.500. The van der Waals surface area contributed by atoms with Crippen molar-refractivity contribution in [1.29, 1.82) is 0 Å². The predicted octanol–water partition coefficient (Wildman–Crippen LogP) is 5.87. The van der Waals surface area contributed by atoms with Crippen molar-refractivity contribution in [3.05, 3.63) is 70.0 Å². The highest BCUT2D eigenvalue weighted by molar-refractivity contribution is 5.78. The highest BCUT2D eigenvalue weighted by Gasteiger charge is 2.37. The Kier molecular flexibility index (Phi) is 7.77. The second-order valence-electron chi connectivity index (χ2n) is 9.10. The van der Waals surface area contributed by atoms with E-state index < -0.39 is 29.6 Å². The van der Waals surface area contributed by atoms with E-state index in [1.807, 2.05) is 0 Å². The zero-order valence-electron chi connectivity index (χ0n) is 20.6. The molecule has 3 rings (SSSR count). The first kappa shape index (κ1) is 26.5. The number of piperazine rings is 1. The van der Waals surface area contributed by atoms with Gasteiger partial charge >= 0.3 is 12.2 Å². The number of rotatable bonds is 4. The van der Waals surface area contributed by atoms with Crippen molar-refractivity contribution in [2.75, 3.05) is 26.7 Å². The number of hydrogen-bond donors (Lipinski definition) is 0. The van der Waals surface area contributed by atoms with Crippen molar-refractivity contribution >= 4 is 11.9 Å². The van der Waals surface area contributed by atoms with Gasteiger partial charge in [0.15, 0.2) is 0 Å². The molecule has 1 aliphatic rings. The fraction of sp³-hybridized carbons (Fsp3) is 0.462. The number of amides is 3. The van der Waals surface area contributed by atoms with Gasteiger partial charge in [-0.2, -0.15) is 13.2 Å². The molecule has 3 amide bonds. The zero-order chi connectivity index (χ0) is 26.1. The minimum Gasteiger partial charge on any atom is -0.339 e. The first-order valence-electron chi connectivity index (χ1n) is 11.6. The summed E-state index contributed by atoms with van der Waals surface area (Å²) in [6, 6.07) is 6.61. The van der Waals surface area contributed by atoms with Crippen LogP contribution in [0.3, 0.4) is 0 Å². The molecule has 1 aliphatic heterocycles. The summed E-state index contributed by atoms with van der Waals surface area (Å²) in [6.07, 6.45) is -4.16. The number of hydrogen-bond acceptors (Lipinski definition) is 2. The van der Waals surface area contributed by atoms with E-state index in [1.54, 1.807) is 56.7 Å². The third-order valence-corrected chi connectivity index (χ3v) is 6.66. The van der Waals surface area contributed by atoms with Crippen LogP contribution in [0.15, 0.2) is 36.4 Å². The number of nitrogens with zero attached hydrogens (tertiary/aromatic N) is 3. The molecule has 2 aromatic carbocycles. The molecule has 190 valence electrons. The van der Waals surface area contributed by atoms with Crippen LogP contribution in [0.4, 0.5) is 22.4 Å². The molecule has 0 aliphatic carbocycles. The van der Waals surface area contributed by atoms with Crippen LogP contribution in [0.5, 0.6) is 0 Å². The number of aryl methyl sites for hydroxylation is 2. The van der Waals surface area contributed by atoms with Crippen molar-refractivity contribution < 1.29 is 27.2 Å². The van der Waals surface area contributed by atoms with Crippen LogP contribution >= 0.6 is 0 Å². The molecule has 0 N–H and O–H groups in total. The largest absolute Gasteiger partial charge is 0.416 e. The van der Waals surface area contributed by atoms with Gasteiger partial charge in [-0.1, -0.05) is 24.6 Å². The van der Waals surface area contributed by atoms with Gasteiger partial charge in [0.1, 0.15) is 5.82 Å². The van der Waals surface area contributed by atoms with Crippen LogP contribution in [0.1, 0.15) is 60.2 Å². The third-order valence-electron chi connectivity index (χ3n) is 6.66. The van der Waals surface area contributed by atoms with Gasteiger partial charge in [-0.05, 0) is 61.7 Å². The fourth-order valence-corrected chi connectivity index (χ4v) is 4.55. The Morgan fingerprint density at radius 2 is 1.80 bits per heavy atom. The number of carbonyl (C=O) groups is 2. The number of benzene rings is 2. The molecule has 9 heteroatoms. The molecule has 0 aromatic heterocycles. The number of halogens is 4. The zero-order valence-corrected chi connectivity index (χ0v) is 20.6. The summed E-state index contributed by atoms with van der Waals surface area (Å²) in [5.74, 6) is -0.435. The lowest BCUT2D eigenvalue weighted by molar-refractivity contribution is -0.137. The summed E-state index contributed by atoms with van der Waals surface area (Å²) >= 11 is 0. The molecule has 0 saturated carbocycles. The van der Waals surface area contributed by atoms with Crippen LogP contribution in [-0.4, -0.2) is 53.3 Å². The average molecular weight is 494 g/mol. The van der Waals surface area contributed by atoms with Gasteiger partial charge < -0.3 is 14.7 Å². The lowest BCUT2D eigenvalue weighted by Gasteiger charge is -2.44. The lowest BCUT2D eigenvalue weighted by atomic mass is 9.97. The monoisotopic (exact) mass is 493 g/mol. The van der Waals surface area contributed by atoms with Crippen LogP contribution in [0, 0.1) is 19.7 Å². The molecule has 2 aromatic rings. The smallest absolute Gasteiger partial charge is 0.339 e. The Morgan fingerprint density at radius 3 is 2.40 bits per heavy atom. The second-order valence-corrected chi connectivity index (χ2v) is 9.10. The molecule has 1 heterocycles. The minimum absolute atomic E-state index is 0.0389. The van der Waals surface area contributed by atoms with E-state index in [0.29, 0.717) is 29.7 Å². The molecular weight excluding hydrogens is 462 g/mol. The maximum Gasteiger partial charge on any atom is 0.416 e. The van der Waals surface area contributed by atoms with Gasteiger partial charge in [-0.25, -0.2) is 9.18 Å². The molecule has 0 unspecified atom stereocenters. The number of carbonyl (C=O) groups excluding carboxylic acids is 2. The van der Waals surface area contributed by atoms with E-state index in [4.69, 9.17) is 0 Å². The van der Waals surface area contributed by atoms with Crippen molar-refractivity contribution in [3.63, 3.8) is 0 Å². The summed E-state index contributed by atoms with van der Waals surface area (Å²) in [6.45, 7) is 7.65. The van der Waals surface area contributed by atoms with Crippen LogP contribution in [0.25, 0.3) is 0 Å². The molecule has 0 radical (unpaired) electrons. The fourth-order valence-electron chi connectivity index (χ4n) is 4.55. The summed E-state index contributed by atoms with van der Waals surface area (Å²) in [7, 11) is 1.56. The predicted molar refractivity (Wildman–Crippen MR) is 125 cm³/mol. The van der Waals surface area contributed by atoms with Gasteiger partial charge in [0.05, 0.1) is 17.6 Å². The minimum atomic E-state index is -4.49. The van der Waals surface area contributed by atoms with Crippen molar-refractivity contribution in [3.8, 4) is 0 Å². The molecule has 35 heavy (non-hydrogen) atoms. The Bertz CT molecular complexity index is 1100. The molecule has 5 nitrogen and oxygen atoms in total. The van der Waals surface area contributed by atoms with E-state index in [9.17, 15) is 27.2 Å². The molecule has 0 spiro atoms. The standard InChI is InChI=1S/C26H31F4N3O2/c1-6-24(34)32-9-10-33(23(15-32)22-8-7-21(27)13-17(22)3)25(35)31(5)18(4)19-11-16(2)12-20(14-19)26(28,29)30/h7-8,11-14,18,23H,6,9-10,15H2,1-5H3/t18-,23-/m1/s1. The maximum atomic E-state index is 13.8. The van der Waals surface area contributed by atoms with Crippen LogP contribution in [0.2, 0.25) is 0 Å².